The van der Waals surface area contributed by atoms with Crippen molar-refractivity contribution < 1.29 is 8.42 Å². The number of sulfone groups is 1. The summed E-state index contributed by atoms with van der Waals surface area (Å²) >= 11 is 0. The Bertz CT molecular complexity index is 323. The molecule has 0 bridgehead atoms. The van der Waals surface area contributed by atoms with Gasteiger partial charge in [0, 0.05) is 32.2 Å². The van der Waals surface area contributed by atoms with Gasteiger partial charge in [0.1, 0.15) is 0 Å². The minimum absolute atomic E-state index is 0.343. The Labute approximate surface area is 104 Å². The van der Waals surface area contributed by atoms with E-state index in [4.69, 9.17) is 5.73 Å². The molecular formula is C11H23N3O2S. The fourth-order valence-corrected chi connectivity index (χ4v) is 4.01. The number of hydrogen-bond donors (Lipinski definition) is 1. The molecule has 0 aromatic heterocycles. The average molecular weight is 261 g/mol. The summed E-state index contributed by atoms with van der Waals surface area (Å²) in [5.74, 6) is 0.687. The van der Waals surface area contributed by atoms with E-state index in [1.165, 1.54) is 0 Å². The minimum atomic E-state index is -2.74. The van der Waals surface area contributed by atoms with Gasteiger partial charge in [-0.2, -0.15) is 0 Å². The fourth-order valence-electron chi connectivity index (χ4n) is 2.78. The van der Waals surface area contributed by atoms with Crippen LogP contribution in [0.15, 0.2) is 0 Å². The van der Waals surface area contributed by atoms with Crippen molar-refractivity contribution in [2.75, 3.05) is 50.8 Å². The molecule has 2 aliphatic rings. The second-order valence-corrected chi connectivity index (χ2v) is 7.35. The molecule has 6 heteroatoms. The zero-order valence-electron chi connectivity index (χ0n) is 10.3. The molecule has 2 rings (SSSR count). The lowest BCUT2D eigenvalue weighted by Gasteiger charge is -2.39. The van der Waals surface area contributed by atoms with Crippen molar-refractivity contribution in [3.8, 4) is 0 Å². The Morgan fingerprint density at radius 3 is 2.18 bits per heavy atom. The number of likely N-dealkylation sites (tertiary alicyclic amines) is 1. The molecule has 0 unspecified atom stereocenters. The predicted molar refractivity (Wildman–Crippen MR) is 68.7 cm³/mol. The van der Waals surface area contributed by atoms with Crippen LogP contribution in [-0.2, 0) is 9.84 Å². The lowest BCUT2D eigenvalue weighted by Crippen LogP contribution is -2.50. The third-order valence-corrected chi connectivity index (χ3v) is 5.51. The lowest BCUT2D eigenvalue weighted by atomic mass is 10.0. The maximum Gasteiger partial charge on any atom is 0.152 e. The predicted octanol–water partition coefficient (Wildman–Crippen LogP) is -0.860. The summed E-state index contributed by atoms with van der Waals surface area (Å²) in [6.45, 7) is 5.37. The summed E-state index contributed by atoms with van der Waals surface area (Å²) < 4.78 is 22.7. The number of rotatable bonds is 3. The molecule has 0 saturated carbocycles. The number of nitrogens with zero attached hydrogens (tertiary/aromatic N) is 2. The molecule has 0 spiro atoms. The van der Waals surface area contributed by atoms with Crippen LogP contribution in [-0.4, -0.2) is 75.0 Å². The van der Waals surface area contributed by atoms with Crippen LogP contribution in [0.3, 0.4) is 0 Å². The maximum absolute atomic E-state index is 11.4. The Kier molecular flexibility index (Phi) is 4.41. The first-order chi connectivity index (χ1) is 8.11. The molecule has 0 atom stereocenters. The van der Waals surface area contributed by atoms with E-state index in [0.717, 1.165) is 52.1 Å². The molecule has 0 aliphatic carbocycles. The zero-order chi connectivity index (χ0) is 12.3. The van der Waals surface area contributed by atoms with E-state index in [2.05, 4.69) is 9.80 Å². The molecule has 2 N–H and O–H groups in total. The van der Waals surface area contributed by atoms with E-state index >= 15 is 0 Å². The van der Waals surface area contributed by atoms with Crippen LogP contribution in [0.4, 0.5) is 0 Å². The Morgan fingerprint density at radius 1 is 1.06 bits per heavy atom. The normalized spacial score (nSPS) is 28.3. The second-order valence-electron chi connectivity index (χ2n) is 5.05. The van der Waals surface area contributed by atoms with Crippen molar-refractivity contribution in [2.45, 2.75) is 18.9 Å². The molecule has 0 aromatic carbocycles. The quantitative estimate of drug-likeness (QED) is 0.716. The fraction of sp³-hybridized carbons (Fsp3) is 1.00. The van der Waals surface area contributed by atoms with Gasteiger partial charge in [-0.05, 0) is 25.9 Å². The molecule has 0 amide bonds. The van der Waals surface area contributed by atoms with Gasteiger partial charge in [-0.15, -0.1) is 0 Å². The Morgan fingerprint density at radius 2 is 1.65 bits per heavy atom. The summed E-state index contributed by atoms with van der Waals surface area (Å²) in [7, 11) is -2.74. The first-order valence-corrected chi connectivity index (χ1v) is 8.30. The molecule has 2 aliphatic heterocycles. The average Bonchev–Trinajstić information content (AvgIpc) is 2.31. The highest BCUT2D eigenvalue weighted by Gasteiger charge is 2.29. The molecule has 2 heterocycles. The highest BCUT2D eigenvalue weighted by Crippen LogP contribution is 2.18. The smallest absolute Gasteiger partial charge is 0.152 e. The van der Waals surface area contributed by atoms with Gasteiger partial charge in [-0.1, -0.05) is 0 Å². The SMILES string of the molecule is NCCN1CCC(N2CCS(=O)(=O)CC2)CC1. The second kappa shape index (κ2) is 5.65. The number of hydrogen-bond acceptors (Lipinski definition) is 5. The first-order valence-electron chi connectivity index (χ1n) is 6.47. The highest BCUT2D eigenvalue weighted by atomic mass is 32.2. The molecule has 2 saturated heterocycles. The zero-order valence-corrected chi connectivity index (χ0v) is 11.2. The van der Waals surface area contributed by atoms with E-state index in [0.29, 0.717) is 17.5 Å². The topological polar surface area (TPSA) is 66.6 Å². The third-order valence-electron chi connectivity index (χ3n) is 3.90. The standard InChI is InChI=1S/C11H23N3O2S/c12-3-6-13-4-1-11(2-5-13)14-7-9-17(15,16)10-8-14/h11H,1-10,12H2. The van der Waals surface area contributed by atoms with E-state index in [9.17, 15) is 8.42 Å². The van der Waals surface area contributed by atoms with Gasteiger partial charge >= 0.3 is 0 Å². The van der Waals surface area contributed by atoms with E-state index in [1.807, 2.05) is 0 Å². The largest absolute Gasteiger partial charge is 0.329 e. The molecule has 17 heavy (non-hydrogen) atoms. The van der Waals surface area contributed by atoms with Crippen LogP contribution < -0.4 is 5.73 Å². The first kappa shape index (κ1) is 13.3. The molecular weight excluding hydrogens is 238 g/mol. The van der Waals surface area contributed by atoms with Gasteiger partial charge in [0.05, 0.1) is 11.5 Å². The van der Waals surface area contributed by atoms with Crippen molar-refractivity contribution >= 4 is 9.84 Å². The summed E-state index contributed by atoms with van der Waals surface area (Å²) in [5, 5.41) is 0. The van der Waals surface area contributed by atoms with Crippen LogP contribution in [0.1, 0.15) is 12.8 Å². The summed E-state index contributed by atoms with van der Waals surface area (Å²) in [6.07, 6.45) is 2.31. The van der Waals surface area contributed by atoms with Gasteiger partial charge in [0.2, 0.25) is 0 Å². The number of nitrogens with two attached hydrogens (primary N) is 1. The van der Waals surface area contributed by atoms with Crippen LogP contribution in [0.2, 0.25) is 0 Å². The van der Waals surface area contributed by atoms with Crippen molar-refractivity contribution in [2.24, 2.45) is 5.73 Å². The lowest BCUT2D eigenvalue weighted by molar-refractivity contribution is 0.117. The summed E-state index contributed by atoms with van der Waals surface area (Å²) in [5.41, 5.74) is 5.55. The minimum Gasteiger partial charge on any atom is -0.329 e. The third kappa shape index (κ3) is 3.64. The Hall–Kier alpha value is -0.170. The maximum atomic E-state index is 11.4. The van der Waals surface area contributed by atoms with Crippen LogP contribution in [0, 0.1) is 0 Å². The molecule has 100 valence electrons. The summed E-state index contributed by atoms with van der Waals surface area (Å²) in [4.78, 5) is 4.76. The molecule has 5 nitrogen and oxygen atoms in total. The van der Waals surface area contributed by atoms with E-state index < -0.39 is 9.84 Å². The van der Waals surface area contributed by atoms with Crippen LogP contribution >= 0.6 is 0 Å². The monoisotopic (exact) mass is 261 g/mol. The van der Waals surface area contributed by atoms with Gasteiger partial charge in [-0.3, -0.25) is 4.90 Å². The highest BCUT2D eigenvalue weighted by molar-refractivity contribution is 7.91. The van der Waals surface area contributed by atoms with Crippen molar-refractivity contribution in [1.29, 1.82) is 0 Å². The van der Waals surface area contributed by atoms with E-state index in [-0.39, 0.29) is 0 Å². The van der Waals surface area contributed by atoms with Crippen molar-refractivity contribution in [3.05, 3.63) is 0 Å². The number of piperidine rings is 1. The molecule has 0 aromatic rings. The Balaban J connectivity index is 1.78. The molecule has 2 fully saturated rings. The van der Waals surface area contributed by atoms with E-state index in [1.54, 1.807) is 0 Å². The van der Waals surface area contributed by atoms with Crippen LogP contribution in [0.25, 0.3) is 0 Å². The molecule has 0 radical (unpaired) electrons. The van der Waals surface area contributed by atoms with Gasteiger partial charge in [0.25, 0.3) is 0 Å². The van der Waals surface area contributed by atoms with Gasteiger partial charge in [-0.25, -0.2) is 8.42 Å². The summed E-state index contributed by atoms with van der Waals surface area (Å²) in [6, 6.07) is 0.583. The van der Waals surface area contributed by atoms with Crippen LogP contribution in [0.5, 0.6) is 0 Å². The van der Waals surface area contributed by atoms with Gasteiger partial charge in [0.15, 0.2) is 9.84 Å². The van der Waals surface area contributed by atoms with Crippen molar-refractivity contribution in [3.63, 3.8) is 0 Å². The van der Waals surface area contributed by atoms with Crippen molar-refractivity contribution in [1.82, 2.24) is 9.80 Å². The van der Waals surface area contributed by atoms with Gasteiger partial charge < -0.3 is 10.6 Å².